The van der Waals surface area contributed by atoms with Crippen LogP contribution in [0.15, 0.2) is 75.9 Å². The number of halogens is 1. The van der Waals surface area contributed by atoms with Crippen molar-refractivity contribution >= 4 is 28.8 Å². The largest absolute Gasteiger partial charge is 0.466 e. The van der Waals surface area contributed by atoms with Crippen molar-refractivity contribution in [3.63, 3.8) is 0 Å². The Balaban J connectivity index is 1.45. The minimum absolute atomic E-state index is 0.00601. The van der Waals surface area contributed by atoms with Crippen LogP contribution in [-0.2, 0) is 27.3 Å². The molecular formula is C26H24FN3O3S. The van der Waals surface area contributed by atoms with Crippen molar-refractivity contribution in [2.75, 3.05) is 13.7 Å². The summed E-state index contributed by atoms with van der Waals surface area (Å²) in [6.07, 6.45) is 0.986. The smallest absolute Gasteiger partial charge is 0.338 e. The maximum Gasteiger partial charge on any atom is 0.338 e. The lowest BCUT2D eigenvalue weighted by molar-refractivity contribution is -0.136. The Bertz CT molecular complexity index is 1270. The molecule has 6 nitrogen and oxygen atoms in total. The van der Waals surface area contributed by atoms with Gasteiger partial charge in [0.1, 0.15) is 5.82 Å². The molecule has 0 aromatic heterocycles. The summed E-state index contributed by atoms with van der Waals surface area (Å²) >= 11 is 1.40. The lowest BCUT2D eigenvalue weighted by Crippen LogP contribution is -2.40. The highest BCUT2D eigenvalue weighted by molar-refractivity contribution is 8.16. The second kappa shape index (κ2) is 9.10. The van der Waals surface area contributed by atoms with Crippen LogP contribution in [0, 0.1) is 5.82 Å². The number of esters is 1. The molecule has 0 saturated carbocycles. The molecule has 3 aliphatic heterocycles. The number of hydrogen-bond donors (Lipinski definition) is 0. The molecule has 2 aromatic carbocycles. The number of rotatable bonds is 4. The monoisotopic (exact) mass is 477 g/mol. The van der Waals surface area contributed by atoms with Crippen molar-refractivity contribution in [1.29, 1.82) is 0 Å². The van der Waals surface area contributed by atoms with E-state index >= 15 is 0 Å². The lowest BCUT2D eigenvalue weighted by Gasteiger charge is -2.37. The van der Waals surface area contributed by atoms with Gasteiger partial charge in [0.2, 0.25) is 5.91 Å². The van der Waals surface area contributed by atoms with Gasteiger partial charge in [0, 0.05) is 18.8 Å². The quantitative estimate of drug-likeness (QED) is 0.605. The minimum atomic E-state index is -0.633. The van der Waals surface area contributed by atoms with E-state index in [4.69, 9.17) is 4.74 Å². The summed E-state index contributed by atoms with van der Waals surface area (Å²) in [7, 11) is 1.32. The third-order valence-electron chi connectivity index (χ3n) is 6.39. The maximum atomic E-state index is 14.2. The first-order valence-electron chi connectivity index (χ1n) is 11.1. The van der Waals surface area contributed by atoms with Gasteiger partial charge in [-0.1, -0.05) is 48.2 Å². The number of thioether (sulfide) groups is 1. The van der Waals surface area contributed by atoms with Gasteiger partial charge in [0.15, 0.2) is 5.17 Å². The zero-order valence-electron chi connectivity index (χ0n) is 19.0. The molecule has 0 aliphatic carbocycles. The van der Waals surface area contributed by atoms with Crippen LogP contribution < -0.4 is 0 Å². The highest BCUT2D eigenvalue weighted by Gasteiger charge is 2.41. The standard InChI is InChI=1S/C26H24FN3O3S/c1-16-23(25(32)33-2)24(18-8-5-9-20(27)12-18)30-21(15-34-26(30)28-16)13-22(31)29-11-10-17-6-3-4-7-19(17)14-29/h3-9,12,15,24H,10-11,13-14H2,1-2H3. The maximum absolute atomic E-state index is 14.2. The van der Waals surface area contributed by atoms with Crippen molar-refractivity contribution in [3.8, 4) is 0 Å². The van der Waals surface area contributed by atoms with Crippen molar-refractivity contribution in [2.24, 2.45) is 4.99 Å². The molecule has 0 bridgehead atoms. The third kappa shape index (κ3) is 4.03. The van der Waals surface area contributed by atoms with Crippen LogP contribution >= 0.6 is 11.8 Å². The van der Waals surface area contributed by atoms with Gasteiger partial charge in [0.25, 0.3) is 0 Å². The highest BCUT2D eigenvalue weighted by atomic mass is 32.2. The summed E-state index contributed by atoms with van der Waals surface area (Å²) in [6, 6.07) is 13.7. The molecule has 1 unspecified atom stereocenters. The van der Waals surface area contributed by atoms with Crippen LogP contribution in [0.1, 0.15) is 36.1 Å². The Labute approximate surface area is 201 Å². The molecule has 5 rings (SSSR count). The van der Waals surface area contributed by atoms with Crippen LogP contribution in [-0.4, -0.2) is 40.5 Å². The van der Waals surface area contributed by atoms with Gasteiger partial charge in [0.05, 0.1) is 30.8 Å². The van der Waals surface area contributed by atoms with Gasteiger partial charge in [-0.15, -0.1) is 0 Å². The molecule has 8 heteroatoms. The molecule has 2 aromatic rings. The molecule has 0 fully saturated rings. The average Bonchev–Trinajstić information content (AvgIpc) is 3.24. The number of aliphatic imine (C=N–C) groups is 1. The van der Waals surface area contributed by atoms with Crippen LogP contribution in [0.5, 0.6) is 0 Å². The average molecular weight is 478 g/mol. The zero-order chi connectivity index (χ0) is 23.8. The summed E-state index contributed by atoms with van der Waals surface area (Å²) in [4.78, 5) is 34.4. The molecular weight excluding hydrogens is 453 g/mol. The number of amidine groups is 1. The summed E-state index contributed by atoms with van der Waals surface area (Å²) in [6.45, 7) is 2.99. The number of fused-ring (bicyclic) bond motifs is 2. The molecule has 1 atom stereocenters. The van der Waals surface area contributed by atoms with E-state index in [1.165, 1.54) is 42.1 Å². The predicted octanol–water partition coefficient (Wildman–Crippen LogP) is 4.55. The predicted molar refractivity (Wildman–Crippen MR) is 129 cm³/mol. The fourth-order valence-corrected chi connectivity index (χ4v) is 5.67. The van der Waals surface area contributed by atoms with E-state index in [9.17, 15) is 14.0 Å². The fraction of sp³-hybridized carbons (Fsp3) is 0.269. The number of benzene rings is 2. The number of hydrogen-bond acceptors (Lipinski definition) is 6. The van der Waals surface area contributed by atoms with Crippen molar-refractivity contribution < 1.29 is 18.7 Å². The Morgan fingerprint density at radius 3 is 2.74 bits per heavy atom. The van der Waals surface area contributed by atoms with E-state index in [2.05, 4.69) is 17.1 Å². The van der Waals surface area contributed by atoms with E-state index < -0.39 is 17.8 Å². The number of allylic oxidation sites excluding steroid dienone is 1. The van der Waals surface area contributed by atoms with E-state index in [0.717, 1.165) is 12.1 Å². The fourth-order valence-electron chi connectivity index (χ4n) is 4.71. The third-order valence-corrected chi connectivity index (χ3v) is 7.27. The molecule has 0 spiro atoms. The van der Waals surface area contributed by atoms with Gasteiger partial charge in [-0.2, -0.15) is 0 Å². The van der Waals surface area contributed by atoms with E-state index in [0.29, 0.717) is 35.1 Å². The number of carbonyl (C=O) groups is 2. The molecule has 0 saturated heterocycles. The molecule has 3 heterocycles. The van der Waals surface area contributed by atoms with Crippen molar-refractivity contribution in [3.05, 3.63) is 93.4 Å². The number of amides is 1. The first-order valence-corrected chi connectivity index (χ1v) is 12.0. The minimum Gasteiger partial charge on any atom is -0.466 e. The number of methoxy groups -OCH3 is 1. The molecule has 3 aliphatic rings. The second-order valence-corrected chi connectivity index (χ2v) is 9.29. The normalized spacial score (nSPS) is 19.3. The van der Waals surface area contributed by atoms with Gasteiger partial charge in [-0.05, 0) is 47.6 Å². The lowest BCUT2D eigenvalue weighted by atomic mass is 9.93. The Morgan fingerprint density at radius 1 is 1.18 bits per heavy atom. The van der Waals surface area contributed by atoms with E-state index in [1.54, 1.807) is 19.1 Å². The molecule has 1 amide bonds. The van der Waals surface area contributed by atoms with E-state index in [1.807, 2.05) is 27.3 Å². The summed E-state index contributed by atoms with van der Waals surface area (Å²) in [5.74, 6) is -0.917. The van der Waals surface area contributed by atoms with Gasteiger partial charge < -0.3 is 14.5 Å². The van der Waals surface area contributed by atoms with Crippen LogP contribution in [0.25, 0.3) is 0 Å². The molecule has 0 N–H and O–H groups in total. The van der Waals surface area contributed by atoms with Gasteiger partial charge in [-0.25, -0.2) is 14.2 Å². The molecule has 34 heavy (non-hydrogen) atoms. The van der Waals surface area contributed by atoms with Gasteiger partial charge in [-0.3, -0.25) is 4.79 Å². The molecule has 0 radical (unpaired) electrons. The second-order valence-electron chi connectivity index (χ2n) is 8.45. The Kier molecular flexibility index (Phi) is 6.00. The Hall–Kier alpha value is -3.39. The number of nitrogens with zero attached hydrogens (tertiary/aromatic N) is 3. The summed E-state index contributed by atoms with van der Waals surface area (Å²) in [5, 5.41) is 2.56. The summed E-state index contributed by atoms with van der Waals surface area (Å²) < 4.78 is 19.2. The van der Waals surface area contributed by atoms with Gasteiger partial charge >= 0.3 is 5.97 Å². The van der Waals surface area contributed by atoms with Crippen LogP contribution in [0.2, 0.25) is 0 Å². The van der Waals surface area contributed by atoms with E-state index in [-0.39, 0.29) is 12.3 Å². The Morgan fingerprint density at radius 2 is 1.97 bits per heavy atom. The first-order chi connectivity index (χ1) is 16.5. The highest BCUT2D eigenvalue weighted by Crippen LogP contribution is 2.45. The summed E-state index contributed by atoms with van der Waals surface area (Å²) in [5.41, 5.74) is 4.64. The van der Waals surface area contributed by atoms with Crippen molar-refractivity contribution in [1.82, 2.24) is 9.80 Å². The number of carbonyl (C=O) groups excluding carboxylic acids is 2. The number of ether oxygens (including phenoxy) is 1. The van der Waals surface area contributed by atoms with Crippen LogP contribution in [0.3, 0.4) is 0 Å². The van der Waals surface area contributed by atoms with Crippen LogP contribution in [0.4, 0.5) is 4.39 Å². The van der Waals surface area contributed by atoms with Crippen molar-refractivity contribution in [2.45, 2.75) is 32.4 Å². The zero-order valence-corrected chi connectivity index (χ0v) is 19.8. The topological polar surface area (TPSA) is 62.2 Å². The first kappa shape index (κ1) is 22.4. The molecule has 174 valence electrons. The SMILES string of the molecule is COC(=O)C1=C(C)N=C2SC=C(CC(=O)N3CCc4ccccc4C3)N2C1c1cccc(F)c1.